The van der Waals surface area contributed by atoms with Crippen LogP contribution >= 0.6 is 24.2 Å². The fourth-order valence-electron chi connectivity index (χ4n) is 5.45. The number of nitrogens with one attached hydrogen (secondary N) is 5. The van der Waals surface area contributed by atoms with Crippen LogP contribution in [0.2, 0.25) is 5.02 Å². The van der Waals surface area contributed by atoms with E-state index in [0.717, 1.165) is 11.1 Å². The van der Waals surface area contributed by atoms with E-state index in [1.807, 2.05) is 32.0 Å². The second-order valence-corrected chi connectivity index (χ2v) is 14.7. The number of hydrogen-bond donors (Lipinski definition) is 6. The van der Waals surface area contributed by atoms with Gasteiger partial charge in [-0.1, -0.05) is 48.7 Å². The van der Waals surface area contributed by atoms with E-state index in [-0.39, 0.29) is 55.3 Å². The number of halogens is 1. The molecule has 2 aromatic rings. The Bertz CT molecular complexity index is 1670. The number of rotatable bonds is 19. The first-order valence-corrected chi connectivity index (χ1v) is 18.9. The first kappa shape index (κ1) is 40.4. The third-order valence-corrected chi connectivity index (χ3v) is 9.97. The summed E-state index contributed by atoms with van der Waals surface area (Å²) in [5.41, 5.74) is 3.35. The molecule has 0 aromatic heterocycles. The van der Waals surface area contributed by atoms with Gasteiger partial charge in [0.2, 0.25) is 33.7 Å². The summed E-state index contributed by atoms with van der Waals surface area (Å²) in [6.45, 7) is 7.66. The average molecular weight is 749 g/mol. The van der Waals surface area contributed by atoms with Crippen LogP contribution in [0.3, 0.4) is 0 Å². The Kier molecular flexibility index (Phi) is 15.6. The van der Waals surface area contributed by atoms with E-state index in [1.54, 1.807) is 29.2 Å². The Morgan fingerprint density at radius 2 is 1.48 bits per heavy atom. The van der Waals surface area contributed by atoms with Gasteiger partial charge in [0.1, 0.15) is 0 Å². The van der Waals surface area contributed by atoms with Gasteiger partial charge in [0.25, 0.3) is 5.91 Å². The maximum absolute atomic E-state index is 13.5. The maximum Gasteiger partial charge on any atom is 0.258 e. The molecule has 2 unspecified atom stereocenters. The van der Waals surface area contributed by atoms with Crippen LogP contribution in [-0.4, -0.2) is 81.7 Å². The van der Waals surface area contributed by atoms with Crippen LogP contribution < -0.4 is 30.9 Å². The first-order chi connectivity index (χ1) is 23.7. The molecule has 272 valence electrons. The second kappa shape index (κ2) is 19.3. The third kappa shape index (κ3) is 12.7. The van der Waals surface area contributed by atoms with Gasteiger partial charge in [-0.05, 0) is 62.6 Å². The Morgan fingerprint density at radius 3 is 2.18 bits per heavy atom. The monoisotopic (exact) mass is 748 g/mol. The van der Waals surface area contributed by atoms with Crippen molar-refractivity contribution in [3.05, 3.63) is 76.5 Å². The Morgan fingerprint density at radius 1 is 0.840 bits per heavy atom. The van der Waals surface area contributed by atoms with Crippen LogP contribution in [0, 0.1) is 6.92 Å². The summed E-state index contributed by atoms with van der Waals surface area (Å²) in [6.07, 6.45) is 2.05. The molecule has 5 N–H and O–H groups in total. The van der Waals surface area contributed by atoms with Crippen molar-refractivity contribution in [1.29, 1.82) is 0 Å². The fraction of sp³-hybridized carbons (Fsp3) is 0.441. The van der Waals surface area contributed by atoms with Gasteiger partial charge in [-0.2, -0.15) is 12.6 Å². The largest absolute Gasteiger partial charge is 0.379 e. The number of carbonyl (C=O) groups excluding carboxylic acids is 5. The summed E-state index contributed by atoms with van der Waals surface area (Å²) in [5.74, 6) is -2.51. The maximum atomic E-state index is 13.5. The normalized spacial score (nSPS) is 15.1. The van der Waals surface area contributed by atoms with Gasteiger partial charge < -0.3 is 26.2 Å². The van der Waals surface area contributed by atoms with Crippen molar-refractivity contribution >= 4 is 69.5 Å². The van der Waals surface area contributed by atoms with Crippen LogP contribution in [0.4, 0.5) is 5.69 Å². The fourth-order valence-corrected chi connectivity index (χ4v) is 6.81. The zero-order valence-electron chi connectivity index (χ0n) is 28.2. The standard InChI is InChI=1S/C34H45ClN6O7S2/c1-22-8-13-29-28(16-22)27(24(3)41(29)34(46)25-9-11-26(35)12-10-25)17-30(42)40-50(47,48)15-7-5-4-6-14-36-31(43)20-39-32(44)19-37-23(2)18-38-33(45)21-49/h8-13,16,24,27,37,49H,2,4-7,14-15,17-21H2,1,3H3,(H,36,43)(H,38,45)(H,39,44)(H,40,42). The Hall–Kier alpha value is -4.08. The lowest BCUT2D eigenvalue weighted by Crippen LogP contribution is -2.41. The quantitative estimate of drug-likeness (QED) is 0.0936. The lowest BCUT2D eigenvalue weighted by atomic mass is 9.91. The molecule has 0 spiro atoms. The van der Waals surface area contributed by atoms with Gasteiger partial charge in [0.15, 0.2) is 0 Å². The number of nitrogens with zero attached hydrogens (tertiary/aromatic N) is 1. The van der Waals surface area contributed by atoms with Gasteiger partial charge in [-0.25, -0.2) is 8.42 Å². The Balaban J connectivity index is 1.35. The average Bonchev–Trinajstić information content (AvgIpc) is 3.33. The van der Waals surface area contributed by atoms with Gasteiger partial charge >= 0.3 is 0 Å². The number of carbonyl (C=O) groups is 5. The highest BCUT2D eigenvalue weighted by molar-refractivity contribution is 7.90. The smallest absolute Gasteiger partial charge is 0.258 e. The van der Waals surface area contributed by atoms with E-state index in [2.05, 4.69) is 45.2 Å². The molecule has 16 heteroatoms. The highest BCUT2D eigenvalue weighted by Gasteiger charge is 2.40. The van der Waals surface area contributed by atoms with Crippen molar-refractivity contribution in [2.75, 3.05) is 42.6 Å². The van der Waals surface area contributed by atoms with E-state index in [4.69, 9.17) is 11.6 Å². The predicted octanol–water partition coefficient (Wildman–Crippen LogP) is 2.56. The van der Waals surface area contributed by atoms with E-state index in [9.17, 15) is 32.4 Å². The van der Waals surface area contributed by atoms with E-state index in [0.29, 0.717) is 54.2 Å². The number of sulfonamides is 1. The molecule has 0 saturated carbocycles. The van der Waals surface area contributed by atoms with E-state index in [1.165, 1.54) is 0 Å². The van der Waals surface area contributed by atoms with Gasteiger partial charge in [-0.15, -0.1) is 0 Å². The lowest BCUT2D eigenvalue weighted by molar-refractivity contribution is -0.125. The molecule has 3 rings (SSSR count). The van der Waals surface area contributed by atoms with Crippen molar-refractivity contribution in [3.63, 3.8) is 0 Å². The summed E-state index contributed by atoms with van der Waals surface area (Å²) in [7, 11) is -3.88. The first-order valence-electron chi connectivity index (χ1n) is 16.3. The zero-order valence-corrected chi connectivity index (χ0v) is 30.7. The molecule has 0 fully saturated rings. The van der Waals surface area contributed by atoms with Crippen molar-refractivity contribution < 1.29 is 32.4 Å². The van der Waals surface area contributed by atoms with Crippen molar-refractivity contribution in [2.24, 2.45) is 0 Å². The van der Waals surface area contributed by atoms with Gasteiger partial charge in [0.05, 0.1) is 31.1 Å². The number of hydrogen-bond acceptors (Lipinski definition) is 9. The molecule has 2 aromatic carbocycles. The van der Waals surface area contributed by atoms with Gasteiger partial charge in [-0.3, -0.25) is 28.7 Å². The van der Waals surface area contributed by atoms with Crippen LogP contribution in [-0.2, 0) is 29.2 Å². The van der Waals surface area contributed by atoms with E-state index >= 15 is 0 Å². The number of unbranched alkanes of at least 4 members (excludes halogenated alkanes) is 3. The predicted molar refractivity (Wildman–Crippen MR) is 197 cm³/mol. The minimum atomic E-state index is -3.88. The molecule has 1 aliphatic rings. The molecule has 5 amide bonds. The van der Waals surface area contributed by atoms with E-state index < -0.39 is 33.8 Å². The highest BCUT2D eigenvalue weighted by atomic mass is 35.5. The van der Waals surface area contributed by atoms with Crippen molar-refractivity contribution in [1.82, 2.24) is 26.0 Å². The molecule has 50 heavy (non-hydrogen) atoms. The molecule has 13 nitrogen and oxygen atoms in total. The lowest BCUT2D eigenvalue weighted by Gasteiger charge is -2.25. The third-order valence-electron chi connectivity index (χ3n) is 8.07. The minimum absolute atomic E-state index is 0.0419. The molecule has 2 atom stereocenters. The van der Waals surface area contributed by atoms with Crippen LogP contribution in [0.25, 0.3) is 0 Å². The molecular formula is C34H45ClN6O7S2. The molecule has 1 aliphatic heterocycles. The Labute approximate surface area is 303 Å². The van der Waals surface area contributed by atoms with Crippen molar-refractivity contribution in [3.8, 4) is 0 Å². The van der Waals surface area contributed by atoms with Crippen molar-refractivity contribution in [2.45, 2.75) is 57.9 Å². The summed E-state index contributed by atoms with van der Waals surface area (Å²) >= 11 is 9.84. The molecule has 1 heterocycles. The zero-order chi connectivity index (χ0) is 36.8. The number of fused-ring (bicyclic) bond motifs is 1. The van der Waals surface area contributed by atoms with Crippen LogP contribution in [0.5, 0.6) is 0 Å². The number of anilines is 1. The van der Waals surface area contributed by atoms with Crippen LogP contribution in [0.1, 0.15) is 66.4 Å². The molecule has 0 aliphatic carbocycles. The topological polar surface area (TPSA) is 183 Å². The minimum Gasteiger partial charge on any atom is -0.379 e. The summed E-state index contributed by atoms with van der Waals surface area (Å²) < 4.78 is 27.6. The molecule has 0 bridgehead atoms. The number of aryl methyl sites for hydroxylation is 1. The molecule has 0 radical (unpaired) electrons. The highest BCUT2D eigenvalue weighted by Crippen LogP contribution is 2.44. The summed E-state index contributed by atoms with van der Waals surface area (Å²) in [6, 6.07) is 11.9. The number of benzene rings is 2. The number of thiol groups is 1. The molecular weight excluding hydrogens is 704 g/mol. The summed E-state index contributed by atoms with van der Waals surface area (Å²) in [4.78, 5) is 63.3. The van der Waals surface area contributed by atoms with Crippen LogP contribution in [0.15, 0.2) is 54.7 Å². The van der Waals surface area contributed by atoms with Gasteiger partial charge in [0, 0.05) is 46.9 Å². The SMILES string of the molecule is C=C(CNC(=O)CS)NCC(=O)NCC(=O)NCCCCCCS(=O)(=O)NC(=O)CC1c2cc(C)ccc2N(C(=O)c2ccc(Cl)cc2)C1C. The molecule has 0 saturated heterocycles. The second-order valence-electron chi connectivity index (χ2n) is 12.1. The summed E-state index contributed by atoms with van der Waals surface area (Å²) in [5, 5.41) is 11.0. The number of amides is 5.